The molecule has 0 saturated carbocycles. The lowest BCUT2D eigenvalue weighted by molar-refractivity contribution is -0.142. The molecule has 4 nitrogen and oxygen atoms in total. The van der Waals surface area contributed by atoms with Gasteiger partial charge >= 0.3 is 5.97 Å². The van der Waals surface area contributed by atoms with Crippen LogP contribution < -0.4 is 0 Å². The molecule has 0 aliphatic carbocycles. The minimum Gasteiger partial charge on any atom is -0.481 e. The number of fused-ring (bicyclic) bond motifs is 1. The normalized spacial score (nSPS) is 19.6. The minimum absolute atomic E-state index is 0. The smallest absolute Gasteiger partial charge is 0.308 e. The summed E-state index contributed by atoms with van der Waals surface area (Å²) in [6.07, 6.45) is 3.42. The molecule has 1 aliphatic rings. The van der Waals surface area contributed by atoms with E-state index in [1.165, 1.54) is 0 Å². The third-order valence-corrected chi connectivity index (χ3v) is 2.46. The van der Waals surface area contributed by atoms with Crippen LogP contribution in [0.25, 0.3) is 0 Å². The largest absolute Gasteiger partial charge is 0.481 e. The topological polar surface area (TPSA) is 55.1 Å². The maximum absolute atomic E-state index is 10.7. The summed E-state index contributed by atoms with van der Waals surface area (Å²) in [5, 5.41) is 8.84. The fraction of sp³-hybridized carbons (Fsp3) is 0.556. The first-order chi connectivity index (χ1) is 6.16. The molecular formula is C9H13ClN2O2. The van der Waals surface area contributed by atoms with Crippen LogP contribution in [0.1, 0.15) is 17.9 Å². The number of hydrogen-bond acceptors (Lipinski definition) is 2. The molecule has 1 aliphatic heterocycles. The van der Waals surface area contributed by atoms with Gasteiger partial charge in [-0.25, -0.2) is 4.98 Å². The zero-order chi connectivity index (χ0) is 9.42. The van der Waals surface area contributed by atoms with Crippen molar-refractivity contribution in [3.63, 3.8) is 0 Å². The molecule has 0 saturated heterocycles. The molecule has 1 unspecified atom stereocenters. The molecule has 78 valence electrons. The van der Waals surface area contributed by atoms with Crippen molar-refractivity contribution in [1.82, 2.24) is 9.55 Å². The number of aliphatic carboxylic acids is 1. The second-order valence-electron chi connectivity index (χ2n) is 3.52. The van der Waals surface area contributed by atoms with Gasteiger partial charge in [0.25, 0.3) is 0 Å². The Morgan fingerprint density at radius 3 is 3.07 bits per heavy atom. The minimum atomic E-state index is -0.697. The SMILES string of the molecule is Cc1cn2c(n1)CCC(C(=O)O)C2.Cl. The average molecular weight is 217 g/mol. The van der Waals surface area contributed by atoms with Crippen molar-refractivity contribution in [2.24, 2.45) is 5.92 Å². The quantitative estimate of drug-likeness (QED) is 0.769. The van der Waals surface area contributed by atoms with Gasteiger partial charge in [0.15, 0.2) is 0 Å². The van der Waals surface area contributed by atoms with E-state index >= 15 is 0 Å². The maximum atomic E-state index is 10.7. The lowest BCUT2D eigenvalue weighted by atomic mass is 10.00. The molecule has 0 bridgehead atoms. The number of aryl methyl sites for hydroxylation is 2. The molecule has 0 radical (unpaired) electrons. The molecule has 2 heterocycles. The van der Waals surface area contributed by atoms with Gasteiger partial charge in [-0.2, -0.15) is 0 Å². The molecule has 1 atom stereocenters. The van der Waals surface area contributed by atoms with Crippen molar-refractivity contribution in [2.45, 2.75) is 26.3 Å². The van der Waals surface area contributed by atoms with Crippen molar-refractivity contribution in [1.29, 1.82) is 0 Å². The van der Waals surface area contributed by atoms with Gasteiger partial charge in [0.05, 0.1) is 11.6 Å². The predicted molar refractivity (Wildman–Crippen MR) is 53.7 cm³/mol. The number of imidazole rings is 1. The molecule has 0 spiro atoms. The first-order valence-electron chi connectivity index (χ1n) is 4.42. The summed E-state index contributed by atoms with van der Waals surface area (Å²) in [4.78, 5) is 15.1. The summed E-state index contributed by atoms with van der Waals surface area (Å²) in [6.45, 7) is 2.51. The number of hydrogen-bond donors (Lipinski definition) is 1. The highest BCUT2D eigenvalue weighted by atomic mass is 35.5. The van der Waals surface area contributed by atoms with Crippen LogP contribution in [-0.2, 0) is 17.8 Å². The summed E-state index contributed by atoms with van der Waals surface area (Å²) < 4.78 is 1.96. The molecular weight excluding hydrogens is 204 g/mol. The average Bonchev–Trinajstić information content (AvgIpc) is 2.42. The third-order valence-electron chi connectivity index (χ3n) is 2.46. The second-order valence-corrected chi connectivity index (χ2v) is 3.52. The summed E-state index contributed by atoms with van der Waals surface area (Å²) >= 11 is 0. The van der Waals surface area contributed by atoms with Crippen LogP contribution in [0, 0.1) is 12.8 Å². The molecule has 5 heteroatoms. The number of carbonyl (C=O) groups is 1. The molecule has 1 aromatic heterocycles. The van der Waals surface area contributed by atoms with E-state index in [0.29, 0.717) is 13.0 Å². The van der Waals surface area contributed by atoms with E-state index in [1.807, 2.05) is 17.7 Å². The van der Waals surface area contributed by atoms with Crippen molar-refractivity contribution >= 4 is 18.4 Å². The third kappa shape index (κ3) is 1.90. The molecule has 0 aromatic carbocycles. The van der Waals surface area contributed by atoms with E-state index in [2.05, 4.69) is 4.98 Å². The van der Waals surface area contributed by atoms with Gasteiger partial charge in [0.1, 0.15) is 5.82 Å². The highest BCUT2D eigenvalue weighted by Gasteiger charge is 2.24. The van der Waals surface area contributed by atoms with Gasteiger partial charge in [-0.3, -0.25) is 4.79 Å². The Morgan fingerprint density at radius 1 is 1.71 bits per heavy atom. The molecule has 1 aromatic rings. The van der Waals surface area contributed by atoms with E-state index < -0.39 is 5.97 Å². The predicted octanol–water partition coefficient (Wildman–Crippen LogP) is 1.26. The highest BCUT2D eigenvalue weighted by Crippen LogP contribution is 2.19. The first kappa shape index (κ1) is 11.0. The number of halogens is 1. The van der Waals surface area contributed by atoms with Crippen LogP contribution in [0.3, 0.4) is 0 Å². The summed E-state index contributed by atoms with van der Waals surface area (Å²) in [6, 6.07) is 0. The van der Waals surface area contributed by atoms with Gasteiger partial charge in [-0.05, 0) is 13.3 Å². The van der Waals surface area contributed by atoms with Crippen LogP contribution in [-0.4, -0.2) is 20.6 Å². The van der Waals surface area contributed by atoms with Gasteiger partial charge in [-0.15, -0.1) is 12.4 Å². The van der Waals surface area contributed by atoms with Gasteiger partial charge in [0, 0.05) is 19.2 Å². The van der Waals surface area contributed by atoms with Crippen LogP contribution in [0.4, 0.5) is 0 Å². The second kappa shape index (κ2) is 4.00. The lowest BCUT2D eigenvalue weighted by Gasteiger charge is -2.19. The fourth-order valence-electron chi connectivity index (χ4n) is 1.79. The lowest BCUT2D eigenvalue weighted by Crippen LogP contribution is -2.26. The number of carboxylic acids is 1. The monoisotopic (exact) mass is 216 g/mol. The molecule has 14 heavy (non-hydrogen) atoms. The Morgan fingerprint density at radius 2 is 2.43 bits per heavy atom. The molecule has 2 rings (SSSR count). The van der Waals surface area contributed by atoms with E-state index in [-0.39, 0.29) is 18.3 Å². The summed E-state index contributed by atoms with van der Waals surface area (Å²) in [5.41, 5.74) is 0.973. The molecule has 0 fully saturated rings. The van der Waals surface area contributed by atoms with Crippen molar-refractivity contribution < 1.29 is 9.90 Å². The Bertz CT molecular complexity index is 349. The Hall–Kier alpha value is -1.03. The highest BCUT2D eigenvalue weighted by molar-refractivity contribution is 5.85. The Labute approximate surface area is 88.4 Å². The van der Waals surface area contributed by atoms with Crippen LogP contribution in [0.5, 0.6) is 0 Å². The van der Waals surface area contributed by atoms with Gasteiger partial charge < -0.3 is 9.67 Å². The van der Waals surface area contributed by atoms with E-state index in [1.54, 1.807) is 0 Å². The van der Waals surface area contributed by atoms with Crippen LogP contribution in [0.15, 0.2) is 6.20 Å². The van der Waals surface area contributed by atoms with E-state index in [0.717, 1.165) is 17.9 Å². The molecule has 0 amide bonds. The van der Waals surface area contributed by atoms with Crippen molar-refractivity contribution in [2.75, 3.05) is 0 Å². The number of carboxylic acid groups (broad SMARTS) is 1. The first-order valence-corrected chi connectivity index (χ1v) is 4.42. The van der Waals surface area contributed by atoms with Crippen LogP contribution in [0.2, 0.25) is 0 Å². The zero-order valence-electron chi connectivity index (χ0n) is 7.93. The summed E-state index contributed by atoms with van der Waals surface area (Å²) in [5.74, 6) is 0.0908. The standard InChI is InChI=1S/C9H12N2O2.ClH/c1-6-4-11-5-7(9(12)13)2-3-8(11)10-6;/h4,7H,2-3,5H2,1H3,(H,12,13);1H. The number of aromatic nitrogens is 2. The molecule has 1 N–H and O–H groups in total. The van der Waals surface area contributed by atoms with E-state index in [9.17, 15) is 4.79 Å². The maximum Gasteiger partial charge on any atom is 0.308 e. The number of rotatable bonds is 1. The Balaban J connectivity index is 0.000000980. The van der Waals surface area contributed by atoms with Crippen molar-refractivity contribution in [3.8, 4) is 0 Å². The number of nitrogens with zero attached hydrogens (tertiary/aromatic N) is 2. The van der Waals surface area contributed by atoms with E-state index in [4.69, 9.17) is 5.11 Å². The fourth-order valence-corrected chi connectivity index (χ4v) is 1.79. The summed E-state index contributed by atoms with van der Waals surface area (Å²) in [7, 11) is 0. The van der Waals surface area contributed by atoms with Gasteiger partial charge in [0.2, 0.25) is 0 Å². The van der Waals surface area contributed by atoms with Gasteiger partial charge in [-0.1, -0.05) is 0 Å². The Kier molecular flexibility index (Phi) is 3.16. The van der Waals surface area contributed by atoms with Crippen molar-refractivity contribution in [3.05, 3.63) is 17.7 Å². The zero-order valence-corrected chi connectivity index (χ0v) is 8.75. The van der Waals surface area contributed by atoms with Crippen LogP contribution >= 0.6 is 12.4 Å².